The molecule has 0 unspecified atom stereocenters. The number of aryl methyl sites for hydroxylation is 2. The second-order valence-electron chi connectivity index (χ2n) is 6.48. The Labute approximate surface area is 140 Å². The number of hydrogen-bond acceptors (Lipinski definition) is 3. The fraction of sp³-hybridized carbons (Fsp3) is 0.263. The highest BCUT2D eigenvalue weighted by Gasteiger charge is 2.11. The maximum atomic E-state index is 4.77. The Hall–Kier alpha value is -2.66. The van der Waals surface area contributed by atoms with Crippen molar-refractivity contribution in [1.29, 1.82) is 0 Å². The summed E-state index contributed by atoms with van der Waals surface area (Å²) in [4.78, 5) is 18.5. The van der Waals surface area contributed by atoms with Crippen LogP contribution in [0.3, 0.4) is 0 Å². The van der Waals surface area contributed by atoms with E-state index in [0.29, 0.717) is 0 Å². The van der Waals surface area contributed by atoms with Crippen molar-refractivity contribution in [2.45, 2.75) is 26.9 Å². The maximum Gasteiger partial charge on any atom is 0.121 e. The summed E-state index contributed by atoms with van der Waals surface area (Å²) in [7, 11) is 2.08. The van der Waals surface area contributed by atoms with E-state index >= 15 is 0 Å². The maximum absolute atomic E-state index is 4.77. The van der Waals surface area contributed by atoms with E-state index in [1.165, 1.54) is 11.1 Å². The molecule has 0 bridgehead atoms. The highest BCUT2D eigenvalue weighted by atomic mass is 15.1. The van der Waals surface area contributed by atoms with Gasteiger partial charge in [-0.05, 0) is 44.2 Å². The Morgan fingerprint density at radius 1 is 0.875 bits per heavy atom. The van der Waals surface area contributed by atoms with Gasteiger partial charge in [0.05, 0.1) is 35.2 Å². The zero-order valence-corrected chi connectivity index (χ0v) is 14.2. The molecule has 0 aliphatic carbocycles. The second kappa shape index (κ2) is 5.76. The van der Waals surface area contributed by atoms with Gasteiger partial charge in [0.15, 0.2) is 0 Å². The van der Waals surface area contributed by atoms with E-state index in [1.54, 1.807) is 0 Å². The second-order valence-corrected chi connectivity index (χ2v) is 6.48. The van der Waals surface area contributed by atoms with Crippen molar-refractivity contribution in [3.63, 3.8) is 0 Å². The van der Waals surface area contributed by atoms with E-state index in [4.69, 9.17) is 4.98 Å². The fourth-order valence-corrected chi connectivity index (χ4v) is 3.13. The van der Waals surface area contributed by atoms with Crippen LogP contribution in [0, 0.1) is 13.8 Å². The van der Waals surface area contributed by atoms with E-state index in [0.717, 1.165) is 46.8 Å². The van der Waals surface area contributed by atoms with Gasteiger partial charge in [-0.15, -0.1) is 0 Å². The number of fused-ring (bicyclic) bond motifs is 2. The topological polar surface area (TPSA) is 60.6 Å². The van der Waals surface area contributed by atoms with Crippen molar-refractivity contribution in [2.75, 3.05) is 7.05 Å². The molecule has 0 amide bonds. The highest BCUT2D eigenvalue weighted by molar-refractivity contribution is 5.81. The molecule has 0 saturated carbocycles. The molecule has 4 aromatic rings. The lowest BCUT2D eigenvalue weighted by Gasteiger charge is -2.12. The fourth-order valence-electron chi connectivity index (χ4n) is 3.13. The summed E-state index contributed by atoms with van der Waals surface area (Å²) in [5.74, 6) is 1.96. The minimum Gasteiger partial charge on any atom is -0.341 e. The van der Waals surface area contributed by atoms with Crippen LogP contribution in [-0.2, 0) is 13.1 Å². The van der Waals surface area contributed by atoms with Crippen LogP contribution in [0.5, 0.6) is 0 Å². The average molecular weight is 319 g/mol. The summed E-state index contributed by atoms with van der Waals surface area (Å²) in [6.45, 7) is 5.72. The number of rotatable bonds is 4. The zero-order chi connectivity index (χ0) is 16.7. The van der Waals surface area contributed by atoms with Gasteiger partial charge in [0, 0.05) is 0 Å². The molecule has 2 heterocycles. The molecule has 0 radical (unpaired) electrons. The summed E-state index contributed by atoms with van der Waals surface area (Å²) < 4.78 is 0. The van der Waals surface area contributed by atoms with Crippen LogP contribution < -0.4 is 0 Å². The number of aromatic nitrogens is 4. The number of para-hydroxylation sites is 2. The molecule has 5 nitrogen and oxygen atoms in total. The predicted molar refractivity (Wildman–Crippen MR) is 96.8 cm³/mol. The molecule has 0 saturated heterocycles. The van der Waals surface area contributed by atoms with Crippen LogP contribution in [0.4, 0.5) is 0 Å². The minimum atomic E-state index is 0.754. The van der Waals surface area contributed by atoms with Crippen molar-refractivity contribution in [3.05, 3.63) is 59.2 Å². The normalized spacial score (nSPS) is 11.8. The smallest absolute Gasteiger partial charge is 0.121 e. The molecule has 2 aromatic carbocycles. The van der Waals surface area contributed by atoms with Crippen LogP contribution in [0.2, 0.25) is 0 Å². The first-order valence-electron chi connectivity index (χ1n) is 8.17. The molecule has 0 atom stereocenters. The van der Waals surface area contributed by atoms with E-state index < -0.39 is 0 Å². The molecule has 0 aliphatic heterocycles. The summed E-state index contributed by atoms with van der Waals surface area (Å²) >= 11 is 0. The van der Waals surface area contributed by atoms with Crippen molar-refractivity contribution < 1.29 is 0 Å². The molecule has 5 heteroatoms. The molecular formula is C19H21N5. The number of nitrogens with one attached hydrogen (secondary N) is 2. The number of benzene rings is 2. The molecule has 122 valence electrons. The van der Waals surface area contributed by atoms with Gasteiger partial charge in [-0.3, -0.25) is 4.90 Å². The van der Waals surface area contributed by atoms with Crippen molar-refractivity contribution >= 4 is 22.1 Å². The first-order chi connectivity index (χ1) is 11.6. The van der Waals surface area contributed by atoms with Gasteiger partial charge < -0.3 is 9.97 Å². The number of nitrogens with zero attached hydrogens (tertiary/aromatic N) is 3. The lowest BCUT2D eigenvalue weighted by molar-refractivity contribution is 0.305. The van der Waals surface area contributed by atoms with E-state index in [2.05, 4.69) is 58.9 Å². The van der Waals surface area contributed by atoms with Gasteiger partial charge in [0.2, 0.25) is 0 Å². The van der Waals surface area contributed by atoms with Crippen molar-refractivity contribution in [1.82, 2.24) is 24.8 Å². The SMILES string of the molecule is Cc1ccc(C)c2[nH]c(CN(C)Cc3nc4ccccc4[nH]3)nc12. The summed E-state index contributed by atoms with van der Waals surface area (Å²) in [5, 5.41) is 0. The molecule has 0 aliphatic rings. The van der Waals surface area contributed by atoms with Crippen LogP contribution >= 0.6 is 0 Å². The van der Waals surface area contributed by atoms with E-state index in [9.17, 15) is 0 Å². The lowest BCUT2D eigenvalue weighted by atomic mass is 10.1. The molecule has 2 N–H and O–H groups in total. The van der Waals surface area contributed by atoms with Gasteiger partial charge in [-0.25, -0.2) is 9.97 Å². The Morgan fingerprint density at radius 2 is 1.58 bits per heavy atom. The van der Waals surface area contributed by atoms with Crippen molar-refractivity contribution in [3.8, 4) is 0 Å². The third-order valence-corrected chi connectivity index (χ3v) is 4.38. The largest absolute Gasteiger partial charge is 0.341 e. The standard InChI is InChI=1S/C19H21N5/c1-12-8-9-13(2)19-18(12)22-17(23-19)11-24(3)10-16-20-14-6-4-5-7-15(14)21-16/h4-9H,10-11H2,1-3H3,(H,20,21)(H,22,23). The van der Waals surface area contributed by atoms with Gasteiger partial charge in [0.25, 0.3) is 0 Å². The van der Waals surface area contributed by atoms with Crippen LogP contribution in [0.25, 0.3) is 22.1 Å². The van der Waals surface area contributed by atoms with Gasteiger partial charge in [-0.2, -0.15) is 0 Å². The van der Waals surface area contributed by atoms with Crippen molar-refractivity contribution in [2.24, 2.45) is 0 Å². The molecule has 4 rings (SSSR count). The van der Waals surface area contributed by atoms with Gasteiger partial charge in [0.1, 0.15) is 11.6 Å². The van der Waals surface area contributed by atoms with Gasteiger partial charge in [-0.1, -0.05) is 24.3 Å². The number of hydrogen-bond donors (Lipinski definition) is 2. The Morgan fingerprint density at radius 3 is 2.33 bits per heavy atom. The Kier molecular flexibility index (Phi) is 3.58. The molecule has 0 fully saturated rings. The molecule has 0 spiro atoms. The number of imidazole rings is 2. The summed E-state index contributed by atoms with van der Waals surface area (Å²) in [6.07, 6.45) is 0. The van der Waals surface area contributed by atoms with E-state index in [-0.39, 0.29) is 0 Å². The first-order valence-corrected chi connectivity index (χ1v) is 8.17. The monoisotopic (exact) mass is 319 g/mol. The predicted octanol–water partition coefficient (Wildman–Crippen LogP) is 3.69. The van der Waals surface area contributed by atoms with E-state index in [1.807, 2.05) is 18.2 Å². The number of aromatic amines is 2. The quantitative estimate of drug-likeness (QED) is 0.603. The van der Waals surface area contributed by atoms with Crippen LogP contribution in [0.1, 0.15) is 22.8 Å². The van der Waals surface area contributed by atoms with Crippen LogP contribution in [-0.4, -0.2) is 31.9 Å². The molecular weight excluding hydrogens is 298 g/mol. The Balaban J connectivity index is 1.54. The molecule has 2 aromatic heterocycles. The minimum absolute atomic E-state index is 0.754. The lowest BCUT2D eigenvalue weighted by Crippen LogP contribution is -2.18. The summed E-state index contributed by atoms with van der Waals surface area (Å²) in [6, 6.07) is 12.4. The number of H-pyrrole nitrogens is 2. The first kappa shape index (κ1) is 14.9. The highest BCUT2D eigenvalue weighted by Crippen LogP contribution is 2.20. The Bertz CT molecular complexity index is 939. The zero-order valence-electron chi connectivity index (χ0n) is 14.2. The average Bonchev–Trinajstić information content (AvgIpc) is 3.14. The summed E-state index contributed by atoms with van der Waals surface area (Å²) in [5.41, 5.74) is 6.74. The third kappa shape index (κ3) is 2.67. The van der Waals surface area contributed by atoms with Gasteiger partial charge >= 0.3 is 0 Å². The molecule has 24 heavy (non-hydrogen) atoms. The third-order valence-electron chi connectivity index (χ3n) is 4.38. The van der Waals surface area contributed by atoms with Crippen LogP contribution in [0.15, 0.2) is 36.4 Å².